The van der Waals surface area contributed by atoms with Crippen molar-refractivity contribution in [2.75, 3.05) is 18.9 Å². The molecule has 1 amide bonds. The Labute approximate surface area is 165 Å². The molecule has 0 aliphatic heterocycles. The van der Waals surface area contributed by atoms with Crippen molar-refractivity contribution in [3.05, 3.63) is 59.9 Å². The molecule has 7 nitrogen and oxygen atoms in total. The predicted octanol–water partition coefficient (Wildman–Crippen LogP) is 2.29. The van der Waals surface area contributed by atoms with E-state index in [1.54, 1.807) is 0 Å². The summed E-state index contributed by atoms with van der Waals surface area (Å²) < 4.78 is 69.6. The second-order valence-corrected chi connectivity index (χ2v) is 8.01. The maximum absolute atomic E-state index is 13.6. The van der Waals surface area contributed by atoms with Crippen LogP contribution in [0.2, 0.25) is 0 Å². The van der Waals surface area contributed by atoms with Crippen molar-refractivity contribution in [1.29, 1.82) is 0 Å². The molecule has 0 aliphatic rings. The fourth-order valence-electron chi connectivity index (χ4n) is 2.17. The van der Waals surface area contributed by atoms with E-state index < -0.39 is 52.0 Å². The van der Waals surface area contributed by atoms with Gasteiger partial charge in [-0.15, -0.1) is 0 Å². The molecule has 0 fully saturated rings. The summed E-state index contributed by atoms with van der Waals surface area (Å²) in [4.78, 5) is 23.7. The van der Waals surface area contributed by atoms with Gasteiger partial charge in [-0.05, 0) is 43.3 Å². The second-order valence-electron chi connectivity index (χ2n) is 5.96. The largest absolute Gasteiger partial charge is 0.452 e. The van der Waals surface area contributed by atoms with Crippen LogP contribution in [-0.4, -0.2) is 44.3 Å². The molecule has 0 heterocycles. The standard InChI is InChI=1S/C18H17F3N2O5S/c1-11(18(25)22-16-8-5-13(20)9-15(16)21)28-17(24)10-23(2)29(26,27)14-6-3-12(19)4-7-14/h3-9,11H,10H2,1-2H3,(H,22,25). The number of amides is 1. The minimum Gasteiger partial charge on any atom is -0.452 e. The molecule has 0 spiro atoms. The lowest BCUT2D eigenvalue weighted by molar-refractivity contribution is -0.153. The zero-order chi connectivity index (χ0) is 21.8. The van der Waals surface area contributed by atoms with Crippen LogP contribution in [0, 0.1) is 17.5 Å². The van der Waals surface area contributed by atoms with Crippen LogP contribution < -0.4 is 5.32 Å². The first-order valence-corrected chi connectivity index (χ1v) is 9.62. The van der Waals surface area contributed by atoms with Gasteiger partial charge in [0.25, 0.3) is 5.91 Å². The molecule has 0 saturated heterocycles. The number of hydrogen-bond acceptors (Lipinski definition) is 5. The highest BCUT2D eigenvalue weighted by molar-refractivity contribution is 7.89. The molecule has 1 N–H and O–H groups in total. The SMILES string of the molecule is CC(OC(=O)CN(C)S(=O)(=O)c1ccc(F)cc1)C(=O)Nc1ccc(F)cc1F. The number of nitrogens with one attached hydrogen (secondary N) is 1. The van der Waals surface area contributed by atoms with E-state index in [0.29, 0.717) is 10.4 Å². The number of rotatable bonds is 7. The Bertz CT molecular complexity index is 1010. The maximum atomic E-state index is 13.6. The van der Waals surface area contributed by atoms with Crippen molar-refractivity contribution in [3.8, 4) is 0 Å². The van der Waals surface area contributed by atoms with Crippen LogP contribution in [0.4, 0.5) is 18.9 Å². The fourth-order valence-corrected chi connectivity index (χ4v) is 3.28. The van der Waals surface area contributed by atoms with E-state index >= 15 is 0 Å². The minimum absolute atomic E-state index is 0.230. The highest BCUT2D eigenvalue weighted by atomic mass is 32.2. The zero-order valence-electron chi connectivity index (χ0n) is 15.4. The number of carbonyl (C=O) groups excluding carboxylic acids is 2. The lowest BCUT2D eigenvalue weighted by atomic mass is 10.2. The number of esters is 1. The number of halogens is 3. The smallest absolute Gasteiger partial charge is 0.322 e. The van der Waals surface area contributed by atoms with Gasteiger partial charge in [-0.1, -0.05) is 0 Å². The summed E-state index contributed by atoms with van der Waals surface area (Å²) in [6, 6.07) is 6.51. The Balaban J connectivity index is 1.96. The highest BCUT2D eigenvalue weighted by Crippen LogP contribution is 2.16. The molecule has 0 saturated carbocycles. The number of likely N-dealkylation sites (N-methyl/N-ethyl adjacent to an activating group) is 1. The van der Waals surface area contributed by atoms with Crippen molar-refractivity contribution in [2.45, 2.75) is 17.9 Å². The van der Waals surface area contributed by atoms with Gasteiger partial charge in [-0.2, -0.15) is 4.31 Å². The number of ether oxygens (including phenoxy) is 1. The first-order valence-electron chi connectivity index (χ1n) is 8.18. The van der Waals surface area contributed by atoms with Gasteiger partial charge in [-0.25, -0.2) is 21.6 Å². The van der Waals surface area contributed by atoms with Crippen molar-refractivity contribution in [3.63, 3.8) is 0 Å². The summed E-state index contributed by atoms with van der Waals surface area (Å²) in [6.07, 6.45) is -1.38. The molecule has 0 bridgehead atoms. The van der Waals surface area contributed by atoms with Crippen LogP contribution >= 0.6 is 0 Å². The summed E-state index contributed by atoms with van der Waals surface area (Å²) in [5.41, 5.74) is -0.310. The predicted molar refractivity (Wildman–Crippen MR) is 96.8 cm³/mol. The summed E-state index contributed by atoms with van der Waals surface area (Å²) in [5.74, 6) is -4.40. The molecular weight excluding hydrogens is 413 g/mol. The molecule has 156 valence electrons. The van der Waals surface area contributed by atoms with Gasteiger partial charge in [0, 0.05) is 13.1 Å². The Hall–Kier alpha value is -2.92. The van der Waals surface area contributed by atoms with Gasteiger partial charge < -0.3 is 10.1 Å². The van der Waals surface area contributed by atoms with Gasteiger partial charge in [0.05, 0.1) is 10.6 Å². The number of benzene rings is 2. The molecule has 1 atom stereocenters. The molecule has 29 heavy (non-hydrogen) atoms. The van der Waals surface area contributed by atoms with Gasteiger partial charge in [0.1, 0.15) is 24.0 Å². The van der Waals surface area contributed by atoms with E-state index in [-0.39, 0.29) is 10.6 Å². The molecule has 2 aromatic rings. The van der Waals surface area contributed by atoms with Crippen LogP contribution in [-0.2, 0) is 24.3 Å². The molecule has 11 heteroatoms. The van der Waals surface area contributed by atoms with E-state index in [1.807, 2.05) is 0 Å². The first kappa shape index (κ1) is 22.4. The third-order valence-corrected chi connectivity index (χ3v) is 5.56. The number of sulfonamides is 1. The van der Waals surface area contributed by atoms with Gasteiger partial charge >= 0.3 is 5.97 Å². The molecule has 1 unspecified atom stereocenters. The quantitative estimate of drug-likeness (QED) is 0.681. The van der Waals surface area contributed by atoms with E-state index in [4.69, 9.17) is 4.74 Å². The molecule has 0 aromatic heterocycles. The van der Waals surface area contributed by atoms with Crippen LogP contribution in [0.25, 0.3) is 0 Å². The third kappa shape index (κ3) is 5.78. The second kappa shape index (κ2) is 9.05. The first-order chi connectivity index (χ1) is 13.5. The van der Waals surface area contributed by atoms with Crippen molar-refractivity contribution in [2.24, 2.45) is 0 Å². The van der Waals surface area contributed by atoms with Crippen LogP contribution in [0.15, 0.2) is 47.4 Å². The number of carbonyl (C=O) groups is 2. The monoisotopic (exact) mass is 430 g/mol. The average molecular weight is 430 g/mol. The normalized spacial score (nSPS) is 12.5. The summed E-state index contributed by atoms with van der Waals surface area (Å²) in [5, 5.41) is 2.13. The maximum Gasteiger partial charge on any atom is 0.322 e. The van der Waals surface area contributed by atoms with Crippen molar-refractivity contribution in [1.82, 2.24) is 4.31 Å². The zero-order valence-corrected chi connectivity index (χ0v) is 16.2. The topological polar surface area (TPSA) is 92.8 Å². The van der Waals surface area contributed by atoms with Gasteiger partial charge in [0.15, 0.2) is 6.10 Å². The van der Waals surface area contributed by atoms with Crippen LogP contribution in [0.5, 0.6) is 0 Å². The molecule has 2 rings (SSSR count). The van der Waals surface area contributed by atoms with E-state index in [0.717, 1.165) is 43.4 Å². The Kier molecular flexibility index (Phi) is 6.98. The Morgan fingerprint density at radius 1 is 1.07 bits per heavy atom. The van der Waals surface area contributed by atoms with Gasteiger partial charge in [0.2, 0.25) is 10.0 Å². The summed E-state index contributed by atoms with van der Waals surface area (Å²) in [6.45, 7) is 0.478. The van der Waals surface area contributed by atoms with Crippen LogP contribution in [0.1, 0.15) is 6.92 Å². The fraction of sp³-hybridized carbons (Fsp3) is 0.222. The number of anilines is 1. The lowest BCUT2D eigenvalue weighted by Gasteiger charge is -2.18. The lowest BCUT2D eigenvalue weighted by Crippen LogP contribution is -2.37. The highest BCUT2D eigenvalue weighted by Gasteiger charge is 2.26. The molecule has 0 aliphatic carbocycles. The third-order valence-electron chi connectivity index (χ3n) is 3.74. The average Bonchev–Trinajstić information content (AvgIpc) is 2.64. The Morgan fingerprint density at radius 2 is 1.66 bits per heavy atom. The molecular formula is C18H17F3N2O5S. The van der Waals surface area contributed by atoms with E-state index in [2.05, 4.69) is 5.32 Å². The van der Waals surface area contributed by atoms with E-state index in [9.17, 15) is 31.2 Å². The van der Waals surface area contributed by atoms with E-state index in [1.165, 1.54) is 6.92 Å². The molecule has 0 radical (unpaired) electrons. The summed E-state index contributed by atoms with van der Waals surface area (Å²) in [7, 11) is -2.98. The number of hydrogen-bond donors (Lipinski definition) is 1. The van der Waals surface area contributed by atoms with Crippen molar-refractivity contribution >= 4 is 27.6 Å². The summed E-state index contributed by atoms with van der Waals surface area (Å²) >= 11 is 0. The van der Waals surface area contributed by atoms with Crippen molar-refractivity contribution < 1.29 is 35.9 Å². The van der Waals surface area contributed by atoms with Gasteiger partial charge in [-0.3, -0.25) is 9.59 Å². The number of nitrogens with zero attached hydrogens (tertiary/aromatic N) is 1. The van der Waals surface area contributed by atoms with Crippen LogP contribution in [0.3, 0.4) is 0 Å². The molecule has 2 aromatic carbocycles. The Morgan fingerprint density at radius 3 is 2.24 bits per heavy atom. The minimum atomic E-state index is -4.08.